The summed E-state index contributed by atoms with van der Waals surface area (Å²) in [6.45, 7) is 8.44. The molecule has 0 aromatic rings. The van der Waals surface area contributed by atoms with Crippen LogP contribution in [0.15, 0.2) is 0 Å². The largest absolute Gasteiger partial charge is 0.459 e. The van der Waals surface area contributed by atoms with Gasteiger partial charge >= 0.3 is 5.97 Å². The van der Waals surface area contributed by atoms with Gasteiger partial charge in [-0.2, -0.15) is 0 Å². The predicted molar refractivity (Wildman–Crippen MR) is 69.0 cm³/mol. The lowest BCUT2D eigenvalue weighted by atomic mass is 10.1. The number of ether oxygens (including phenoxy) is 1. The SMILES string of the molecule is CCC(C)C(=O)CS(=O)(=O)CC(=O)OC(C)(C)C. The summed E-state index contributed by atoms with van der Waals surface area (Å²) in [4.78, 5) is 22.9. The third-order valence-electron chi connectivity index (χ3n) is 2.28. The molecule has 0 N–H and O–H groups in total. The predicted octanol–water partition coefficient (Wildman–Crippen LogP) is 1.36. The molecule has 0 spiro atoms. The summed E-state index contributed by atoms with van der Waals surface area (Å²) in [6.07, 6.45) is 0.584. The lowest BCUT2D eigenvalue weighted by Crippen LogP contribution is -2.31. The minimum atomic E-state index is -3.73. The first-order valence-electron chi connectivity index (χ1n) is 5.92. The number of carbonyl (C=O) groups is 2. The number of hydrogen-bond acceptors (Lipinski definition) is 5. The zero-order valence-electron chi connectivity index (χ0n) is 11.6. The molecular weight excluding hydrogens is 256 g/mol. The van der Waals surface area contributed by atoms with Crippen LogP contribution in [0.1, 0.15) is 41.0 Å². The van der Waals surface area contributed by atoms with Crippen molar-refractivity contribution >= 4 is 21.6 Å². The Morgan fingerprint density at radius 3 is 2.06 bits per heavy atom. The Hall–Kier alpha value is -0.910. The molecule has 18 heavy (non-hydrogen) atoms. The second-order valence-electron chi connectivity index (χ2n) is 5.39. The molecule has 0 amide bonds. The molecule has 1 unspecified atom stereocenters. The summed E-state index contributed by atoms with van der Waals surface area (Å²) in [7, 11) is -3.73. The van der Waals surface area contributed by atoms with Crippen molar-refractivity contribution in [3.8, 4) is 0 Å². The van der Waals surface area contributed by atoms with Crippen LogP contribution < -0.4 is 0 Å². The molecule has 0 saturated carbocycles. The van der Waals surface area contributed by atoms with Crippen molar-refractivity contribution in [3.63, 3.8) is 0 Å². The van der Waals surface area contributed by atoms with Crippen LogP contribution in [0.5, 0.6) is 0 Å². The van der Waals surface area contributed by atoms with Crippen LogP contribution in [0.25, 0.3) is 0 Å². The molecule has 0 rings (SSSR count). The summed E-state index contributed by atoms with van der Waals surface area (Å²) in [5.41, 5.74) is -0.729. The fourth-order valence-corrected chi connectivity index (χ4v) is 2.43. The lowest BCUT2D eigenvalue weighted by molar-refractivity contribution is -0.151. The topological polar surface area (TPSA) is 77.5 Å². The number of Topliss-reactive ketones (excluding diaryl/α,β-unsaturated/α-hetero) is 1. The zero-order chi connectivity index (χ0) is 14.6. The Morgan fingerprint density at radius 2 is 1.67 bits per heavy atom. The molecule has 0 aromatic heterocycles. The zero-order valence-corrected chi connectivity index (χ0v) is 12.5. The van der Waals surface area contributed by atoms with Crippen LogP contribution in [0.4, 0.5) is 0 Å². The summed E-state index contributed by atoms with van der Waals surface area (Å²) in [5.74, 6) is -2.83. The molecular formula is C12H22O5S. The highest BCUT2D eigenvalue weighted by molar-refractivity contribution is 7.92. The molecule has 0 aliphatic rings. The Balaban J connectivity index is 4.50. The Kier molecular flexibility index (Phi) is 5.99. The fourth-order valence-electron chi connectivity index (χ4n) is 1.19. The molecule has 1 atom stereocenters. The molecule has 0 bridgehead atoms. The Morgan fingerprint density at radius 1 is 1.17 bits per heavy atom. The minimum Gasteiger partial charge on any atom is -0.459 e. The van der Waals surface area contributed by atoms with Gasteiger partial charge in [0.15, 0.2) is 15.6 Å². The molecule has 0 aliphatic heterocycles. The average Bonchev–Trinajstić information content (AvgIpc) is 2.10. The van der Waals surface area contributed by atoms with E-state index >= 15 is 0 Å². The normalized spacial score (nSPS) is 14.1. The maximum Gasteiger partial charge on any atom is 0.321 e. The van der Waals surface area contributed by atoms with Crippen LogP contribution >= 0.6 is 0 Å². The van der Waals surface area contributed by atoms with E-state index in [1.54, 1.807) is 27.7 Å². The Labute approximate surface area is 109 Å². The quantitative estimate of drug-likeness (QED) is 0.685. The third-order valence-corrected chi connectivity index (χ3v) is 3.68. The molecule has 5 nitrogen and oxygen atoms in total. The van der Waals surface area contributed by atoms with Crippen molar-refractivity contribution in [3.05, 3.63) is 0 Å². The van der Waals surface area contributed by atoms with Gasteiger partial charge in [-0.1, -0.05) is 13.8 Å². The second-order valence-corrected chi connectivity index (χ2v) is 7.46. The van der Waals surface area contributed by atoms with Crippen molar-refractivity contribution < 1.29 is 22.7 Å². The number of hydrogen-bond donors (Lipinski definition) is 0. The number of esters is 1. The van der Waals surface area contributed by atoms with Gasteiger partial charge in [-0.25, -0.2) is 8.42 Å². The van der Waals surface area contributed by atoms with E-state index in [0.717, 1.165) is 0 Å². The van der Waals surface area contributed by atoms with Gasteiger partial charge in [-0.15, -0.1) is 0 Å². The Bertz CT molecular complexity index is 403. The van der Waals surface area contributed by atoms with E-state index in [4.69, 9.17) is 4.74 Å². The standard InChI is InChI=1S/C12H22O5S/c1-6-9(2)10(13)7-18(15,16)8-11(14)17-12(3,4)5/h9H,6-8H2,1-5H3. The molecule has 0 radical (unpaired) electrons. The minimum absolute atomic E-state index is 0.307. The number of sulfone groups is 1. The second kappa shape index (κ2) is 6.31. The van der Waals surface area contributed by atoms with E-state index in [1.165, 1.54) is 0 Å². The highest BCUT2D eigenvalue weighted by atomic mass is 32.2. The van der Waals surface area contributed by atoms with E-state index < -0.39 is 32.9 Å². The fraction of sp³-hybridized carbons (Fsp3) is 0.833. The molecule has 0 aromatic carbocycles. The maximum atomic E-state index is 11.6. The molecule has 106 valence electrons. The van der Waals surface area contributed by atoms with E-state index in [9.17, 15) is 18.0 Å². The molecule has 0 fully saturated rings. The van der Waals surface area contributed by atoms with E-state index in [1.807, 2.05) is 6.92 Å². The van der Waals surface area contributed by atoms with E-state index in [2.05, 4.69) is 0 Å². The first kappa shape index (κ1) is 17.1. The van der Waals surface area contributed by atoms with Gasteiger partial charge in [0.25, 0.3) is 0 Å². The summed E-state index contributed by atoms with van der Waals surface area (Å²) in [5, 5.41) is 0. The van der Waals surface area contributed by atoms with Crippen LogP contribution in [0.3, 0.4) is 0 Å². The first-order chi connectivity index (χ1) is 7.97. The first-order valence-corrected chi connectivity index (χ1v) is 7.74. The third kappa shape index (κ3) is 7.42. The highest BCUT2D eigenvalue weighted by Gasteiger charge is 2.26. The van der Waals surface area contributed by atoms with Crippen molar-refractivity contribution in [1.82, 2.24) is 0 Å². The van der Waals surface area contributed by atoms with Crippen molar-refractivity contribution in [2.75, 3.05) is 11.5 Å². The van der Waals surface area contributed by atoms with Crippen molar-refractivity contribution in [2.45, 2.75) is 46.6 Å². The summed E-state index contributed by atoms with van der Waals surface area (Å²) < 4.78 is 28.2. The number of carbonyl (C=O) groups excluding carboxylic acids is 2. The lowest BCUT2D eigenvalue weighted by Gasteiger charge is -2.19. The van der Waals surface area contributed by atoms with Gasteiger partial charge in [-0.05, 0) is 27.2 Å². The number of ketones is 1. The molecule has 0 saturated heterocycles. The van der Waals surface area contributed by atoms with Crippen LogP contribution in [-0.2, 0) is 24.2 Å². The van der Waals surface area contributed by atoms with Crippen molar-refractivity contribution in [1.29, 1.82) is 0 Å². The van der Waals surface area contributed by atoms with Gasteiger partial charge < -0.3 is 4.74 Å². The van der Waals surface area contributed by atoms with Gasteiger partial charge in [0.2, 0.25) is 0 Å². The smallest absolute Gasteiger partial charge is 0.321 e. The highest BCUT2D eigenvalue weighted by Crippen LogP contribution is 2.09. The van der Waals surface area contributed by atoms with Crippen LogP contribution in [0, 0.1) is 5.92 Å². The van der Waals surface area contributed by atoms with Gasteiger partial charge in [-0.3, -0.25) is 9.59 Å². The number of rotatable bonds is 6. The molecule has 0 aliphatic carbocycles. The van der Waals surface area contributed by atoms with E-state index in [0.29, 0.717) is 6.42 Å². The average molecular weight is 278 g/mol. The van der Waals surface area contributed by atoms with Gasteiger partial charge in [0.1, 0.15) is 17.1 Å². The van der Waals surface area contributed by atoms with Crippen LogP contribution in [0.2, 0.25) is 0 Å². The van der Waals surface area contributed by atoms with Gasteiger partial charge in [0, 0.05) is 5.92 Å². The van der Waals surface area contributed by atoms with Crippen molar-refractivity contribution in [2.24, 2.45) is 5.92 Å². The van der Waals surface area contributed by atoms with E-state index in [-0.39, 0.29) is 11.7 Å². The maximum absolute atomic E-state index is 11.6. The van der Waals surface area contributed by atoms with Crippen LogP contribution in [-0.4, -0.2) is 37.3 Å². The monoisotopic (exact) mass is 278 g/mol. The van der Waals surface area contributed by atoms with Gasteiger partial charge in [0.05, 0.1) is 0 Å². The molecule has 0 heterocycles. The molecule has 6 heteroatoms. The summed E-state index contributed by atoms with van der Waals surface area (Å²) >= 11 is 0. The summed E-state index contributed by atoms with van der Waals surface area (Å²) in [6, 6.07) is 0.